The highest BCUT2D eigenvalue weighted by Crippen LogP contribution is 2.19. The van der Waals surface area contributed by atoms with Gasteiger partial charge in [-0.25, -0.2) is 4.79 Å². The summed E-state index contributed by atoms with van der Waals surface area (Å²) in [5.41, 5.74) is 1.55. The molecule has 2 aromatic rings. The quantitative estimate of drug-likeness (QED) is 0.665. The first-order valence-electron chi connectivity index (χ1n) is 5.71. The number of hydrogen-bond acceptors (Lipinski definition) is 5. The van der Waals surface area contributed by atoms with Crippen LogP contribution < -0.4 is 0 Å². The zero-order valence-corrected chi connectivity index (χ0v) is 10.3. The summed E-state index contributed by atoms with van der Waals surface area (Å²) in [7, 11) is 0. The highest BCUT2D eigenvalue weighted by molar-refractivity contribution is 5.80. The van der Waals surface area contributed by atoms with E-state index in [0.717, 1.165) is 10.9 Å². The summed E-state index contributed by atoms with van der Waals surface area (Å²) in [5.74, 6) is -0.371. The second-order valence-corrected chi connectivity index (χ2v) is 3.79. The largest absolute Gasteiger partial charge is 0.464 e. The first kappa shape index (κ1) is 12.2. The third kappa shape index (κ3) is 2.71. The summed E-state index contributed by atoms with van der Waals surface area (Å²) in [6, 6.07) is 4.94. The molecule has 18 heavy (non-hydrogen) atoms. The molecule has 94 valence electrons. The molecule has 0 saturated carbocycles. The molecule has 1 unspecified atom stereocenters. The van der Waals surface area contributed by atoms with Gasteiger partial charge in [-0.05, 0) is 32.0 Å². The van der Waals surface area contributed by atoms with Gasteiger partial charge < -0.3 is 4.74 Å². The molecule has 6 heteroatoms. The molecule has 0 aliphatic carbocycles. The van der Waals surface area contributed by atoms with Gasteiger partial charge in [0.2, 0.25) is 0 Å². The van der Waals surface area contributed by atoms with Gasteiger partial charge in [0, 0.05) is 5.39 Å². The Hall–Kier alpha value is -2.24. The third-order valence-electron chi connectivity index (χ3n) is 2.40. The minimum Gasteiger partial charge on any atom is -0.464 e. The van der Waals surface area contributed by atoms with Gasteiger partial charge in [0.25, 0.3) is 0 Å². The Morgan fingerprint density at radius 3 is 3.17 bits per heavy atom. The molecule has 2 rings (SSSR count). The lowest BCUT2D eigenvalue weighted by Crippen LogP contribution is -2.17. The van der Waals surface area contributed by atoms with Crippen LogP contribution in [0.3, 0.4) is 0 Å². The molecule has 0 aliphatic rings. The Labute approximate surface area is 104 Å². The molecule has 0 saturated heterocycles. The van der Waals surface area contributed by atoms with Gasteiger partial charge >= 0.3 is 5.97 Å². The SMILES string of the molecule is CCOC(=O)C(C)N=Nc1ccc2cn[nH]c2c1. The number of azo groups is 1. The van der Waals surface area contributed by atoms with Crippen molar-refractivity contribution in [3.63, 3.8) is 0 Å². The van der Waals surface area contributed by atoms with Crippen LogP contribution in [0.2, 0.25) is 0 Å². The van der Waals surface area contributed by atoms with E-state index < -0.39 is 6.04 Å². The monoisotopic (exact) mass is 246 g/mol. The van der Waals surface area contributed by atoms with Gasteiger partial charge in [0.05, 0.1) is 24.0 Å². The van der Waals surface area contributed by atoms with Gasteiger partial charge in [0.1, 0.15) is 0 Å². The molecule has 0 aliphatic heterocycles. The molecular weight excluding hydrogens is 232 g/mol. The highest BCUT2D eigenvalue weighted by atomic mass is 16.5. The lowest BCUT2D eigenvalue weighted by molar-refractivity contribution is -0.144. The van der Waals surface area contributed by atoms with Crippen LogP contribution in [0.25, 0.3) is 10.9 Å². The van der Waals surface area contributed by atoms with Crippen molar-refractivity contribution in [2.24, 2.45) is 10.2 Å². The van der Waals surface area contributed by atoms with Crippen LogP contribution in [0.5, 0.6) is 0 Å². The van der Waals surface area contributed by atoms with E-state index in [9.17, 15) is 4.79 Å². The van der Waals surface area contributed by atoms with E-state index in [-0.39, 0.29) is 5.97 Å². The van der Waals surface area contributed by atoms with Crippen LogP contribution in [0.4, 0.5) is 5.69 Å². The van der Waals surface area contributed by atoms with Crippen molar-refractivity contribution < 1.29 is 9.53 Å². The number of benzene rings is 1. The number of ether oxygens (including phenoxy) is 1. The van der Waals surface area contributed by atoms with Crippen LogP contribution in [-0.4, -0.2) is 28.8 Å². The normalized spacial score (nSPS) is 13.0. The van der Waals surface area contributed by atoms with Crippen LogP contribution in [0, 0.1) is 0 Å². The van der Waals surface area contributed by atoms with E-state index in [1.165, 1.54) is 0 Å². The number of nitrogens with zero attached hydrogens (tertiary/aromatic N) is 3. The van der Waals surface area contributed by atoms with Crippen molar-refractivity contribution in [3.05, 3.63) is 24.4 Å². The standard InChI is InChI=1S/C12H14N4O2/c1-3-18-12(17)8(2)14-15-10-5-4-9-7-13-16-11(9)6-10/h4-8H,3H2,1-2H3,(H,13,16). The molecule has 1 aromatic heterocycles. The Balaban J connectivity index is 2.10. The van der Waals surface area contributed by atoms with Gasteiger partial charge in [-0.2, -0.15) is 15.3 Å². The lowest BCUT2D eigenvalue weighted by atomic mass is 10.2. The average molecular weight is 246 g/mol. The van der Waals surface area contributed by atoms with Gasteiger partial charge in [-0.3, -0.25) is 5.10 Å². The smallest absolute Gasteiger partial charge is 0.332 e. The molecule has 1 N–H and O–H groups in total. The van der Waals surface area contributed by atoms with Crippen LogP contribution in [0.15, 0.2) is 34.6 Å². The number of aromatic amines is 1. The highest BCUT2D eigenvalue weighted by Gasteiger charge is 2.12. The van der Waals surface area contributed by atoms with E-state index in [4.69, 9.17) is 4.74 Å². The number of carbonyl (C=O) groups excluding carboxylic acids is 1. The number of carbonyl (C=O) groups is 1. The number of hydrogen-bond donors (Lipinski definition) is 1. The van der Waals surface area contributed by atoms with Gasteiger partial charge in [0.15, 0.2) is 6.04 Å². The molecular formula is C12H14N4O2. The van der Waals surface area contributed by atoms with Crippen LogP contribution in [-0.2, 0) is 9.53 Å². The number of H-pyrrole nitrogens is 1. The van der Waals surface area contributed by atoms with Crippen LogP contribution >= 0.6 is 0 Å². The van der Waals surface area contributed by atoms with Crippen LogP contribution in [0.1, 0.15) is 13.8 Å². The zero-order valence-electron chi connectivity index (χ0n) is 10.3. The minimum atomic E-state index is -0.595. The number of rotatable bonds is 4. The van der Waals surface area contributed by atoms with E-state index in [0.29, 0.717) is 12.3 Å². The lowest BCUT2D eigenvalue weighted by Gasteiger charge is -2.03. The Morgan fingerprint density at radius 2 is 2.39 bits per heavy atom. The predicted molar refractivity (Wildman–Crippen MR) is 66.7 cm³/mol. The number of aromatic nitrogens is 2. The Bertz CT molecular complexity index is 576. The van der Waals surface area contributed by atoms with E-state index in [1.54, 1.807) is 20.0 Å². The predicted octanol–water partition coefficient (Wildman–Crippen LogP) is 2.60. The summed E-state index contributed by atoms with van der Waals surface area (Å²) in [6.45, 7) is 3.75. The van der Waals surface area contributed by atoms with Gasteiger partial charge in [-0.1, -0.05) is 0 Å². The van der Waals surface area contributed by atoms with Gasteiger partial charge in [-0.15, -0.1) is 0 Å². The number of fused-ring (bicyclic) bond motifs is 1. The topological polar surface area (TPSA) is 79.7 Å². The maximum absolute atomic E-state index is 11.3. The van der Waals surface area contributed by atoms with Crippen molar-refractivity contribution in [2.75, 3.05) is 6.61 Å². The molecule has 6 nitrogen and oxygen atoms in total. The van der Waals surface area contributed by atoms with Crippen molar-refractivity contribution in [2.45, 2.75) is 19.9 Å². The molecule has 1 aromatic carbocycles. The molecule has 1 heterocycles. The number of nitrogens with one attached hydrogen (secondary N) is 1. The summed E-state index contributed by atoms with van der Waals surface area (Å²) >= 11 is 0. The van der Waals surface area contributed by atoms with E-state index >= 15 is 0 Å². The fourth-order valence-electron chi connectivity index (χ4n) is 1.45. The first-order valence-corrected chi connectivity index (χ1v) is 5.71. The molecule has 0 fully saturated rings. The maximum Gasteiger partial charge on any atom is 0.332 e. The first-order chi connectivity index (χ1) is 8.70. The van der Waals surface area contributed by atoms with Crippen molar-refractivity contribution >= 4 is 22.6 Å². The van der Waals surface area contributed by atoms with E-state index in [2.05, 4.69) is 20.4 Å². The fraction of sp³-hybridized carbons (Fsp3) is 0.333. The summed E-state index contributed by atoms with van der Waals surface area (Å²) in [4.78, 5) is 11.3. The molecule has 0 bridgehead atoms. The van der Waals surface area contributed by atoms with E-state index in [1.807, 2.05) is 18.2 Å². The summed E-state index contributed by atoms with van der Waals surface area (Å²) in [6.07, 6.45) is 1.73. The summed E-state index contributed by atoms with van der Waals surface area (Å²) < 4.78 is 4.84. The Morgan fingerprint density at radius 1 is 1.56 bits per heavy atom. The molecule has 0 amide bonds. The maximum atomic E-state index is 11.3. The summed E-state index contributed by atoms with van der Waals surface area (Å²) in [5, 5.41) is 15.7. The molecule has 0 spiro atoms. The average Bonchev–Trinajstić information content (AvgIpc) is 2.83. The van der Waals surface area contributed by atoms with Crippen molar-refractivity contribution in [1.82, 2.24) is 10.2 Å². The molecule has 1 atom stereocenters. The Kier molecular flexibility index (Phi) is 3.66. The van der Waals surface area contributed by atoms with Crippen molar-refractivity contribution in [3.8, 4) is 0 Å². The minimum absolute atomic E-state index is 0.346. The second kappa shape index (κ2) is 5.39. The van der Waals surface area contributed by atoms with Crippen molar-refractivity contribution in [1.29, 1.82) is 0 Å². The number of esters is 1. The second-order valence-electron chi connectivity index (χ2n) is 3.79. The zero-order chi connectivity index (χ0) is 13.0. The third-order valence-corrected chi connectivity index (χ3v) is 2.40. The fourth-order valence-corrected chi connectivity index (χ4v) is 1.45. The molecule has 0 radical (unpaired) electrons.